The van der Waals surface area contributed by atoms with Crippen LogP contribution in [0.15, 0.2) is 12.1 Å². The van der Waals surface area contributed by atoms with Crippen molar-refractivity contribution in [3.63, 3.8) is 0 Å². The summed E-state index contributed by atoms with van der Waals surface area (Å²) in [6.45, 7) is 3.47. The highest BCUT2D eigenvalue weighted by molar-refractivity contribution is 6.02. The summed E-state index contributed by atoms with van der Waals surface area (Å²) >= 11 is 0. The van der Waals surface area contributed by atoms with Crippen molar-refractivity contribution in [3.8, 4) is 0 Å². The van der Waals surface area contributed by atoms with Gasteiger partial charge in [-0.3, -0.25) is 4.79 Å². The number of amides is 1. The van der Waals surface area contributed by atoms with Crippen molar-refractivity contribution in [3.05, 3.63) is 34.9 Å². The van der Waals surface area contributed by atoms with Crippen molar-refractivity contribution < 1.29 is 23.1 Å². The first kappa shape index (κ1) is 14.4. The van der Waals surface area contributed by atoms with Crippen LogP contribution in [-0.2, 0) is 16.0 Å². The van der Waals surface area contributed by atoms with E-state index in [0.29, 0.717) is 6.07 Å². The monoisotopic (exact) mass is 283 g/mol. The molecule has 0 aliphatic carbocycles. The normalized spacial score (nSPS) is 21.4. The van der Waals surface area contributed by atoms with Crippen LogP contribution >= 0.6 is 0 Å². The van der Waals surface area contributed by atoms with E-state index < -0.39 is 29.0 Å². The summed E-state index contributed by atoms with van der Waals surface area (Å²) in [6, 6.07) is 1.73. The molecule has 4 nitrogen and oxygen atoms in total. The number of hydrogen-bond donors (Lipinski definition) is 1. The molecule has 1 aliphatic rings. The van der Waals surface area contributed by atoms with Crippen molar-refractivity contribution in [2.75, 3.05) is 7.11 Å². The van der Waals surface area contributed by atoms with Crippen LogP contribution in [-0.4, -0.2) is 24.5 Å². The van der Waals surface area contributed by atoms with E-state index in [1.807, 2.05) is 0 Å². The molecule has 1 unspecified atom stereocenters. The first-order valence-corrected chi connectivity index (χ1v) is 6.20. The van der Waals surface area contributed by atoms with Gasteiger partial charge in [0, 0.05) is 12.5 Å². The number of benzene rings is 1. The highest BCUT2D eigenvalue weighted by Gasteiger charge is 2.48. The molecule has 0 aromatic heterocycles. The maximum Gasteiger partial charge on any atom is 0.332 e. The fraction of sp³-hybridized carbons (Fsp3) is 0.429. The Kier molecular flexibility index (Phi) is 3.50. The van der Waals surface area contributed by atoms with E-state index in [-0.39, 0.29) is 23.5 Å². The van der Waals surface area contributed by atoms with E-state index in [4.69, 9.17) is 4.74 Å². The number of ether oxygens (including phenoxy) is 1. The van der Waals surface area contributed by atoms with Gasteiger partial charge in [0.25, 0.3) is 5.91 Å². The number of esters is 1. The zero-order chi connectivity index (χ0) is 15.1. The number of rotatable bonds is 2. The Balaban J connectivity index is 2.59. The van der Waals surface area contributed by atoms with Crippen molar-refractivity contribution in [2.24, 2.45) is 5.92 Å². The average molecular weight is 283 g/mol. The Morgan fingerprint density at radius 2 is 2.05 bits per heavy atom. The molecule has 1 N–H and O–H groups in total. The summed E-state index contributed by atoms with van der Waals surface area (Å²) in [6.07, 6.45) is -0.00685. The molecule has 0 saturated carbocycles. The fourth-order valence-corrected chi connectivity index (χ4v) is 2.52. The van der Waals surface area contributed by atoms with Crippen LogP contribution < -0.4 is 5.32 Å². The lowest BCUT2D eigenvalue weighted by Crippen LogP contribution is -2.62. The predicted molar refractivity (Wildman–Crippen MR) is 67.1 cm³/mol. The van der Waals surface area contributed by atoms with Gasteiger partial charge >= 0.3 is 5.97 Å². The number of halogens is 2. The molecule has 2 rings (SSSR count). The lowest BCUT2D eigenvalue weighted by molar-refractivity contribution is -0.150. The van der Waals surface area contributed by atoms with E-state index >= 15 is 0 Å². The van der Waals surface area contributed by atoms with Crippen molar-refractivity contribution in [1.82, 2.24) is 5.32 Å². The van der Waals surface area contributed by atoms with E-state index in [1.54, 1.807) is 13.8 Å². The van der Waals surface area contributed by atoms with Gasteiger partial charge in [0.2, 0.25) is 0 Å². The minimum absolute atomic E-state index is 0.00685. The number of nitrogens with one attached hydrogen (secondary N) is 1. The second-order valence-electron chi connectivity index (χ2n) is 5.17. The third kappa shape index (κ3) is 2.05. The number of carbonyl (C=O) groups excluding carboxylic acids is 2. The number of methoxy groups -OCH3 is 1. The quantitative estimate of drug-likeness (QED) is 0.842. The molecule has 0 radical (unpaired) electrons. The second kappa shape index (κ2) is 4.85. The minimum Gasteiger partial charge on any atom is -0.467 e. The van der Waals surface area contributed by atoms with Crippen LogP contribution in [0, 0.1) is 17.6 Å². The van der Waals surface area contributed by atoms with Gasteiger partial charge in [-0.25, -0.2) is 13.6 Å². The number of hydrogen-bond acceptors (Lipinski definition) is 3. The van der Waals surface area contributed by atoms with Crippen molar-refractivity contribution >= 4 is 11.9 Å². The molecule has 6 heteroatoms. The molecule has 1 aliphatic heterocycles. The van der Waals surface area contributed by atoms with Crippen molar-refractivity contribution in [2.45, 2.75) is 25.8 Å². The van der Waals surface area contributed by atoms with E-state index in [1.165, 1.54) is 7.11 Å². The molecule has 1 aromatic rings. The maximum absolute atomic E-state index is 13.7. The van der Waals surface area contributed by atoms with E-state index in [0.717, 1.165) is 6.07 Å². The van der Waals surface area contributed by atoms with E-state index in [2.05, 4.69) is 5.32 Å². The summed E-state index contributed by atoms with van der Waals surface area (Å²) in [4.78, 5) is 24.1. The zero-order valence-corrected chi connectivity index (χ0v) is 11.4. The van der Waals surface area contributed by atoms with Crippen LogP contribution in [0.4, 0.5) is 8.78 Å². The molecule has 1 atom stereocenters. The third-order valence-electron chi connectivity index (χ3n) is 3.70. The Hall–Kier alpha value is -1.98. The standard InChI is InChI=1S/C14H15F2NO3/c1-7(2)14(13(19)20-3)6-8-4-9(15)5-10(16)11(8)12(18)17-14/h4-5,7H,6H2,1-3H3,(H,17,18). The van der Waals surface area contributed by atoms with Gasteiger partial charge in [-0.1, -0.05) is 13.8 Å². The molecule has 108 valence electrons. The van der Waals surface area contributed by atoms with Gasteiger partial charge in [-0.2, -0.15) is 0 Å². The van der Waals surface area contributed by atoms with Gasteiger partial charge in [0.15, 0.2) is 0 Å². The molecule has 1 amide bonds. The molecule has 1 aromatic carbocycles. The Morgan fingerprint density at radius 3 is 2.60 bits per heavy atom. The largest absolute Gasteiger partial charge is 0.467 e. The molecule has 0 saturated heterocycles. The average Bonchev–Trinajstić information content (AvgIpc) is 2.35. The number of carbonyl (C=O) groups is 2. The van der Waals surface area contributed by atoms with Crippen LogP contribution in [0.3, 0.4) is 0 Å². The highest BCUT2D eigenvalue weighted by atomic mass is 19.1. The molecule has 0 spiro atoms. The second-order valence-corrected chi connectivity index (χ2v) is 5.17. The molecule has 0 fully saturated rings. The van der Waals surface area contributed by atoms with Gasteiger partial charge in [-0.15, -0.1) is 0 Å². The zero-order valence-electron chi connectivity index (χ0n) is 11.4. The van der Waals surface area contributed by atoms with Crippen LogP contribution in [0.25, 0.3) is 0 Å². The van der Waals surface area contributed by atoms with E-state index in [9.17, 15) is 18.4 Å². The third-order valence-corrected chi connectivity index (χ3v) is 3.70. The lowest BCUT2D eigenvalue weighted by atomic mass is 9.76. The van der Waals surface area contributed by atoms with Gasteiger partial charge in [0.05, 0.1) is 12.7 Å². The highest BCUT2D eigenvalue weighted by Crippen LogP contribution is 2.32. The van der Waals surface area contributed by atoms with Gasteiger partial charge < -0.3 is 10.1 Å². The van der Waals surface area contributed by atoms with Gasteiger partial charge in [0.1, 0.15) is 17.2 Å². The van der Waals surface area contributed by atoms with Crippen LogP contribution in [0.1, 0.15) is 29.8 Å². The fourth-order valence-electron chi connectivity index (χ4n) is 2.52. The molecule has 20 heavy (non-hydrogen) atoms. The maximum atomic E-state index is 13.7. The Morgan fingerprint density at radius 1 is 1.40 bits per heavy atom. The molecular weight excluding hydrogens is 268 g/mol. The lowest BCUT2D eigenvalue weighted by Gasteiger charge is -2.39. The van der Waals surface area contributed by atoms with Crippen LogP contribution in [0.2, 0.25) is 0 Å². The molecule has 1 heterocycles. The van der Waals surface area contributed by atoms with Crippen molar-refractivity contribution in [1.29, 1.82) is 0 Å². The summed E-state index contributed by atoms with van der Waals surface area (Å²) in [5, 5.41) is 2.52. The summed E-state index contributed by atoms with van der Waals surface area (Å²) in [5.41, 5.74) is -1.35. The van der Waals surface area contributed by atoms with Crippen LogP contribution in [0.5, 0.6) is 0 Å². The Bertz CT molecular complexity index is 586. The smallest absolute Gasteiger partial charge is 0.332 e. The topological polar surface area (TPSA) is 55.4 Å². The SMILES string of the molecule is COC(=O)C1(C(C)C)Cc2cc(F)cc(F)c2C(=O)N1. The first-order valence-electron chi connectivity index (χ1n) is 6.20. The summed E-state index contributed by atoms with van der Waals surface area (Å²) < 4.78 is 31.8. The predicted octanol–water partition coefficient (Wildman–Crippen LogP) is 1.82. The minimum atomic E-state index is -1.31. The van der Waals surface area contributed by atoms with Gasteiger partial charge in [-0.05, 0) is 17.5 Å². The first-order chi connectivity index (χ1) is 9.31. The summed E-state index contributed by atoms with van der Waals surface area (Å²) in [5.74, 6) is -3.37. The molecular formula is C14H15F2NO3. The molecule has 0 bridgehead atoms. The number of fused-ring (bicyclic) bond motifs is 1. The Labute approximate surface area is 115 Å². The summed E-state index contributed by atoms with van der Waals surface area (Å²) in [7, 11) is 1.21.